The van der Waals surface area contributed by atoms with Crippen LogP contribution in [0.15, 0.2) is 16.9 Å². The van der Waals surface area contributed by atoms with Gasteiger partial charge >= 0.3 is 5.97 Å². The van der Waals surface area contributed by atoms with Crippen molar-refractivity contribution in [3.63, 3.8) is 0 Å². The molecule has 1 aliphatic heterocycles. The van der Waals surface area contributed by atoms with Gasteiger partial charge in [0.05, 0.1) is 5.92 Å². The Kier molecular flexibility index (Phi) is 4.16. The van der Waals surface area contributed by atoms with Gasteiger partial charge in [-0.15, -0.1) is 0 Å². The number of rotatable bonds is 3. The largest absolute Gasteiger partial charge is 0.481 e. The van der Waals surface area contributed by atoms with Crippen molar-refractivity contribution in [2.45, 2.75) is 26.7 Å². The van der Waals surface area contributed by atoms with Gasteiger partial charge in [-0.1, -0.05) is 20.8 Å². The molecule has 114 valence electrons. The first-order valence-electron chi connectivity index (χ1n) is 7.06. The number of aromatic amines is 1. The van der Waals surface area contributed by atoms with Gasteiger partial charge in [-0.3, -0.25) is 14.4 Å². The van der Waals surface area contributed by atoms with Crippen molar-refractivity contribution in [1.29, 1.82) is 0 Å². The number of hydrogen-bond donors (Lipinski definition) is 2. The summed E-state index contributed by atoms with van der Waals surface area (Å²) < 4.78 is 0. The van der Waals surface area contributed by atoms with E-state index < -0.39 is 11.9 Å². The lowest BCUT2D eigenvalue weighted by Gasteiger charge is -2.16. The first kappa shape index (κ1) is 15.3. The molecule has 2 rings (SSSR count). The molecular formula is C15H20N2O4. The predicted octanol–water partition coefficient (Wildman–Crippen LogP) is 1.29. The van der Waals surface area contributed by atoms with E-state index in [0.29, 0.717) is 17.8 Å². The number of pyridine rings is 1. The molecule has 21 heavy (non-hydrogen) atoms. The Morgan fingerprint density at radius 2 is 2.00 bits per heavy atom. The third kappa shape index (κ3) is 3.15. The Morgan fingerprint density at radius 1 is 1.33 bits per heavy atom. The van der Waals surface area contributed by atoms with Gasteiger partial charge in [0.15, 0.2) is 0 Å². The number of nitrogens with zero attached hydrogens (tertiary/aromatic N) is 1. The van der Waals surface area contributed by atoms with Crippen LogP contribution in [0, 0.1) is 11.8 Å². The Balaban J connectivity index is 2.25. The fourth-order valence-electron chi connectivity index (χ4n) is 2.64. The minimum Gasteiger partial charge on any atom is -0.481 e. The molecule has 2 N–H and O–H groups in total. The van der Waals surface area contributed by atoms with Crippen LogP contribution in [0.2, 0.25) is 0 Å². The van der Waals surface area contributed by atoms with Crippen LogP contribution in [-0.2, 0) is 4.79 Å². The highest BCUT2D eigenvalue weighted by Crippen LogP contribution is 2.24. The molecule has 2 heterocycles. The van der Waals surface area contributed by atoms with Gasteiger partial charge in [0, 0.05) is 30.4 Å². The average molecular weight is 292 g/mol. The topological polar surface area (TPSA) is 90.5 Å². The Hall–Kier alpha value is -2.11. The molecule has 0 unspecified atom stereocenters. The molecule has 6 heteroatoms. The summed E-state index contributed by atoms with van der Waals surface area (Å²) in [6.07, 6.45) is 0. The normalized spacial score (nSPS) is 21.8. The molecule has 6 nitrogen and oxygen atoms in total. The summed E-state index contributed by atoms with van der Waals surface area (Å²) in [5, 5.41) is 9.12. The number of aliphatic carboxylic acids is 1. The summed E-state index contributed by atoms with van der Waals surface area (Å²) >= 11 is 0. The number of aromatic nitrogens is 1. The quantitative estimate of drug-likeness (QED) is 0.878. The number of carbonyl (C=O) groups excluding carboxylic acids is 1. The van der Waals surface area contributed by atoms with Crippen molar-refractivity contribution in [3.8, 4) is 0 Å². The summed E-state index contributed by atoms with van der Waals surface area (Å²) in [5.41, 5.74) is 0.708. The number of hydrogen-bond acceptors (Lipinski definition) is 3. The van der Waals surface area contributed by atoms with E-state index in [1.165, 1.54) is 11.0 Å². The second-order valence-electron chi connectivity index (χ2n) is 5.98. The lowest BCUT2D eigenvalue weighted by atomic mass is 9.99. The van der Waals surface area contributed by atoms with Crippen LogP contribution in [0.5, 0.6) is 0 Å². The number of carboxylic acid groups (broad SMARTS) is 1. The maximum absolute atomic E-state index is 12.5. The van der Waals surface area contributed by atoms with Crippen LogP contribution < -0.4 is 5.56 Å². The minimum absolute atomic E-state index is 0.0852. The highest BCUT2D eigenvalue weighted by molar-refractivity contribution is 5.94. The van der Waals surface area contributed by atoms with E-state index in [2.05, 4.69) is 4.98 Å². The highest BCUT2D eigenvalue weighted by Gasteiger charge is 2.37. The second kappa shape index (κ2) is 5.71. The summed E-state index contributed by atoms with van der Waals surface area (Å²) in [6, 6.07) is 2.94. The zero-order valence-electron chi connectivity index (χ0n) is 12.4. The van der Waals surface area contributed by atoms with E-state index in [0.717, 1.165) is 0 Å². The summed E-state index contributed by atoms with van der Waals surface area (Å²) in [4.78, 5) is 39.5. The molecule has 0 aromatic carbocycles. The van der Waals surface area contributed by atoms with E-state index in [1.54, 1.807) is 6.07 Å². The molecule has 2 atom stereocenters. The smallest absolute Gasteiger partial charge is 0.308 e. The van der Waals surface area contributed by atoms with Crippen molar-refractivity contribution < 1.29 is 14.7 Å². The van der Waals surface area contributed by atoms with E-state index in [1.807, 2.05) is 20.8 Å². The molecule has 1 aromatic heterocycles. The fraction of sp³-hybridized carbons (Fsp3) is 0.533. The molecule has 0 saturated carbocycles. The van der Waals surface area contributed by atoms with Gasteiger partial charge in [0.1, 0.15) is 0 Å². The molecule has 0 radical (unpaired) electrons. The number of likely N-dealkylation sites (tertiary alicyclic amines) is 1. The van der Waals surface area contributed by atoms with Crippen LogP contribution >= 0.6 is 0 Å². The fourth-order valence-corrected chi connectivity index (χ4v) is 2.64. The minimum atomic E-state index is -0.883. The predicted molar refractivity (Wildman–Crippen MR) is 77.3 cm³/mol. The van der Waals surface area contributed by atoms with Gasteiger partial charge in [0.25, 0.3) is 5.91 Å². The molecular weight excluding hydrogens is 272 g/mol. The SMILES string of the molecule is CC(C)c1cc(C(=O)N2C[C@@H](C)[C@H](C(=O)O)C2)cc(=O)[nH]1. The summed E-state index contributed by atoms with van der Waals surface area (Å²) in [5.74, 6) is -1.68. The number of carbonyl (C=O) groups is 2. The standard InChI is InChI=1S/C15H20N2O4/c1-8(2)12-4-10(5-13(18)16-12)14(19)17-6-9(3)11(7-17)15(20)21/h4-5,8-9,11H,6-7H2,1-3H3,(H,16,18)(H,20,21)/t9-,11-/m1/s1. The number of amides is 1. The van der Waals surface area contributed by atoms with Crippen LogP contribution in [0.4, 0.5) is 0 Å². The number of nitrogens with one attached hydrogen (secondary N) is 1. The summed E-state index contributed by atoms with van der Waals surface area (Å²) in [6.45, 7) is 6.28. The van der Waals surface area contributed by atoms with E-state index in [-0.39, 0.29) is 29.8 Å². The van der Waals surface area contributed by atoms with Gasteiger partial charge < -0.3 is 15.0 Å². The van der Waals surface area contributed by atoms with Gasteiger partial charge in [-0.05, 0) is 17.9 Å². The highest BCUT2D eigenvalue weighted by atomic mass is 16.4. The lowest BCUT2D eigenvalue weighted by molar-refractivity contribution is -0.142. The zero-order valence-corrected chi connectivity index (χ0v) is 12.4. The molecule has 1 fully saturated rings. The molecule has 0 bridgehead atoms. The lowest BCUT2D eigenvalue weighted by Crippen LogP contribution is -2.31. The zero-order chi connectivity index (χ0) is 15.7. The van der Waals surface area contributed by atoms with Crippen molar-refractivity contribution in [2.75, 3.05) is 13.1 Å². The van der Waals surface area contributed by atoms with Crippen molar-refractivity contribution in [2.24, 2.45) is 11.8 Å². The second-order valence-corrected chi connectivity index (χ2v) is 5.98. The van der Waals surface area contributed by atoms with Crippen LogP contribution in [-0.4, -0.2) is 40.0 Å². The molecule has 1 amide bonds. The monoisotopic (exact) mass is 292 g/mol. The maximum Gasteiger partial charge on any atom is 0.308 e. The summed E-state index contributed by atoms with van der Waals surface area (Å²) in [7, 11) is 0. The van der Waals surface area contributed by atoms with Gasteiger partial charge in [-0.2, -0.15) is 0 Å². The average Bonchev–Trinajstić information content (AvgIpc) is 2.79. The number of carboxylic acids is 1. The maximum atomic E-state index is 12.5. The third-order valence-corrected chi connectivity index (χ3v) is 3.95. The molecule has 1 saturated heterocycles. The first-order valence-corrected chi connectivity index (χ1v) is 7.06. The van der Waals surface area contributed by atoms with Gasteiger partial charge in [-0.25, -0.2) is 0 Å². The molecule has 1 aromatic rings. The van der Waals surface area contributed by atoms with Crippen LogP contribution in [0.1, 0.15) is 42.7 Å². The Morgan fingerprint density at radius 3 is 2.52 bits per heavy atom. The molecule has 1 aliphatic rings. The van der Waals surface area contributed by atoms with E-state index in [9.17, 15) is 14.4 Å². The first-order chi connectivity index (χ1) is 9.79. The van der Waals surface area contributed by atoms with Crippen molar-refractivity contribution >= 4 is 11.9 Å². The van der Waals surface area contributed by atoms with Crippen LogP contribution in [0.25, 0.3) is 0 Å². The third-order valence-electron chi connectivity index (χ3n) is 3.95. The van der Waals surface area contributed by atoms with E-state index >= 15 is 0 Å². The van der Waals surface area contributed by atoms with Crippen molar-refractivity contribution in [3.05, 3.63) is 33.7 Å². The van der Waals surface area contributed by atoms with Crippen molar-refractivity contribution in [1.82, 2.24) is 9.88 Å². The number of H-pyrrole nitrogens is 1. The molecule has 0 aliphatic carbocycles. The Labute approximate surface area is 122 Å². The van der Waals surface area contributed by atoms with Gasteiger partial charge in [0.2, 0.25) is 5.56 Å². The van der Waals surface area contributed by atoms with E-state index in [4.69, 9.17) is 5.11 Å². The molecule has 0 spiro atoms. The van der Waals surface area contributed by atoms with Crippen LogP contribution in [0.3, 0.4) is 0 Å². The Bertz CT molecular complexity index is 620.